The summed E-state index contributed by atoms with van der Waals surface area (Å²) in [5, 5.41) is 22.1. The Morgan fingerprint density at radius 3 is 2.67 bits per heavy atom. The van der Waals surface area contributed by atoms with Gasteiger partial charge >= 0.3 is 12.0 Å². The number of aliphatic hydroxyl groups excluding tert-OH is 1. The SMILES string of the molecule is O=C(Nc1cc(Br)ccc1I)N[C@H](CO)C(=O)O. The van der Waals surface area contributed by atoms with Gasteiger partial charge in [0.25, 0.3) is 0 Å². The predicted molar refractivity (Wildman–Crippen MR) is 77.5 cm³/mol. The van der Waals surface area contributed by atoms with E-state index in [2.05, 4.69) is 26.6 Å². The van der Waals surface area contributed by atoms with Gasteiger partial charge in [-0.3, -0.25) is 0 Å². The fourth-order valence-corrected chi connectivity index (χ4v) is 1.93. The van der Waals surface area contributed by atoms with Gasteiger partial charge in [-0.15, -0.1) is 0 Å². The molecule has 0 fully saturated rings. The van der Waals surface area contributed by atoms with Crippen LogP contribution in [-0.4, -0.2) is 34.9 Å². The molecule has 18 heavy (non-hydrogen) atoms. The van der Waals surface area contributed by atoms with Crippen molar-refractivity contribution in [3.8, 4) is 0 Å². The second-order valence-electron chi connectivity index (χ2n) is 3.30. The zero-order valence-electron chi connectivity index (χ0n) is 8.98. The molecule has 0 saturated carbocycles. The van der Waals surface area contributed by atoms with Crippen LogP contribution in [0.15, 0.2) is 22.7 Å². The molecule has 1 atom stereocenters. The molecule has 1 rings (SSSR count). The van der Waals surface area contributed by atoms with Gasteiger partial charge in [-0.1, -0.05) is 15.9 Å². The summed E-state index contributed by atoms with van der Waals surface area (Å²) in [6.45, 7) is -0.668. The number of nitrogens with one attached hydrogen (secondary N) is 2. The number of carboxylic acid groups (broad SMARTS) is 1. The number of benzene rings is 1. The number of halogens is 2. The Balaban J connectivity index is 2.70. The molecule has 2 amide bonds. The molecule has 4 N–H and O–H groups in total. The number of urea groups is 1. The fourth-order valence-electron chi connectivity index (χ4n) is 1.10. The van der Waals surface area contributed by atoms with Crippen LogP contribution in [0.4, 0.5) is 10.5 Å². The Bertz CT molecular complexity index is 469. The minimum atomic E-state index is -1.32. The Labute approximate surface area is 125 Å². The predicted octanol–water partition coefficient (Wildman–Crippen LogP) is 1.62. The maximum Gasteiger partial charge on any atom is 0.328 e. The molecule has 0 aliphatic heterocycles. The van der Waals surface area contributed by atoms with Gasteiger partial charge in [-0.25, -0.2) is 9.59 Å². The van der Waals surface area contributed by atoms with Gasteiger partial charge < -0.3 is 20.8 Å². The van der Waals surface area contributed by atoms with Crippen LogP contribution in [0.1, 0.15) is 0 Å². The lowest BCUT2D eigenvalue weighted by molar-refractivity contribution is -0.140. The quantitative estimate of drug-likeness (QED) is 0.547. The van der Waals surface area contributed by atoms with Gasteiger partial charge in [0.05, 0.1) is 12.3 Å². The van der Waals surface area contributed by atoms with Crippen molar-refractivity contribution in [3.05, 3.63) is 26.2 Å². The molecular weight excluding hydrogens is 419 g/mol. The van der Waals surface area contributed by atoms with E-state index in [1.165, 1.54) is 0 Å². The highest BCUT2D eigenvalue weighted by molar-refractivity contribution is 14.1. The number of anilines is 1. The first kappa shape index (κ1) is 15.2. The van der Waals surface area contributed by atoms with Gasteiger partial charge in [0.1, 0.15) is 0 Å². The third-order valence-electron chi connectivity index (χ3n) is 1.96. The number of carbonyl (C=O) groups excluding carboxylic acids is 1. The maximum atomic E-state index is 11.5. The number of carbonyl (C=O) groups is 2. The average Bonchev–Trinajstić information content (AvgIpc) is 2.30. The number of aliphatic carboxylic acids is 1. The monoisotopic (exact) mass is 428 g/mol. The van der Waals surface area contributed by atoms with E-state index < -0.39 is 24.6 Å². The van der Waals surface area contributed by atoms with Crippen LogP contribution in [-0.2, 0) is 4.79 Å². The van der Waals surface area contributed by atoms with Crippen LogP contribution in [0.3, 0.4) is 0 Å². The third kappa shape index (κ3) is 4.42. The molecule has 1 aromatic carbocycles. The maximum absolute atomic E-state index is 11.5. The van der Waals surface area contributed by atoms with Crippen LogP contribution >= 0.6 is 38.5 Å². The van der Waals surface area contributed by atoms with E-state index in [4.69, 9.17) is 10.2 Å². The number of aliphatic hydroxyl groups is 1. The highest BCUT2D eigenvalue weighted by Gasteiger charge is 2.18. The smallest absolute Gasteiger partial charge is 0.328 e. The zero-order chi connectivity index (χ0) is 13.7. The molecule has 1 aromatic rings. The van der Waals surface area contributed by atoms with E-state index in [1.54, 1.807) is 12.1 Å². The van der Waals surface area contributed by atoms with Crippen molar-refractivity contribution in [2.45, 2.75) is 6.04 Å². The van der Waals surface area contributed by atoms with Crippen molar-refractivity contribution in [2.75, 3.05) is 11.9 Å². The second-order valence-corrected chi connectivity index (χ2v) is 5.37. The topological polar surface area (TPSA) is 98.7 Å². The van der Waals surface area contributed by atoms with Gasteiger partial charge in [0.2, 0.25) is 0 Å². The van der Waals surface area contributed by atoms with Crippen molar-refractivity contribution < 1.29 is 19.8 Å². The molecule has 0 aliphatic carbocycles. The van der Waals surface area contributed by atoms with Crippen molar-refractivity contribution >= 4 is 56.2 Å². The summed E-state index contributed by atoms with van der Waals surface area (Å²) < 4.78 is 1.59. The molecule has 0 heterocycles. The van der Waals surface area contributed by atoms with E-state index in [0.29, 0.717) is 5.69 Å². The lowest BCUT2D eigenvalue weighted by atomic mass is 10.3. The summed E-state index contributed by atoms with van der Waals surface area (Å²) in [5.74, 6) is -1.29. The van der Waals surface area contributed by atoms with Crippen molar-refractivity contribution in [2.24, 2.45) is 0 Å². The molecule has 0 unspecified atom stereocenters. The Hall–Kier alpha value is -0.870. The molecule has 0 radical (unpaired) electrons. The molecule has 8 heteroatoms. The first-order valence-corrected chi connectivity index (χ1v) is 6.67. The van der Waals surface area contributed by atoms with E-state index in [-0.39, 0.29) is 0 Å². The van der Waals surface area contributed by atoms with Gasteiger partial charge in [0.15, 0.2) is 6.04 Å². The summed E-state index contributed by atoms with van der Waals surface area (Å²) in [6, 6.07) is 3.29. The van der Waals surface area contributed by atoms with Crippen LogP contribution in [0, 0.1) is 3.57 Å². The van der Waals surface area contributed by atoms with Crippen LogP contribution < -0.4 is 10.6 Å². The summed E-state index contributed by atoms with van der Waals surface area (Å²) in [6.07, 6.45) is 0. The minimum Gasteiger partial charge on any atom is -0.480 e. The van der Waals surface area contributed by atoms with E-state index in [9.17, 15) is 9.59 Å². The van der Waals surface area contributed by atoms with Crippen molar-refractivity contribution in [1.29, 1.82) is 0 Å². The number of hydrogen-bond donors (Lipinski definition) is 4. The standard InChI is InChI=1S/C10H10BrIN2O4/c11-5-1-2-6(12)7(3-5)13-10(18)14-8(4-15)9(16)17/h1-3,8,15H,4H2,(H,16,17)(H2,13,14,18)/t8-/m1/s1. The van der Waals surface area contributed by atoms with Gasteiger partial charge in [-0.2, -0.15) is 0 Å². The molecule has 0 aliphatic rings. The first-order chi connectivity index (χ1) is 8.43. The van der Waals surface area contributed by atoms with Crippen LogP contribution in [0.2, 0.25) is 0 Å². The van der Waals surface area contributed by atoms with Crippen LogP contribution in [0.5, 0.6) is 0 Å². The van der Waals surface area contributed by atoms with Gasteiger partial charge in [0, 0.05) is 8.04 Å². The summed E-state index contributed by atoms with van der Waals surface area (Å²) >= 11 is 5.30. The lowest BCUT2D eigenvalue weighted by Gasteiger charge is -2.13. The summed E-state index contributed by atoms with van der Waals surface area (Å²) in [7, 11) is 0. The number of rotatable bonds is 4. The van der Waals surface area contributed by atoms with Crippen molar-refractivity contribution in [3.63, 3.8) is 0 Å². The molecule has 0 saturated heterocycles. The van der Waals surface area contributed by atoms with Crippen molar-refractivity contribution in [1.82, 2.24) is 5.32 Å². The fraction of sp³-hybridized carbons (Fsp3) is 0.200. The highest BCUT2D eigenvalue weighted by atomic mass is 127. The largest absolute Gasteiger partial charge is 0.480 e. The van der Waals surface area contributed by atoms with Gasteiger partial charge in [-0.05, 0) is 40.8 Å². The number of amides is 2. The second kappa shape index (κ2) is 6.90. The minimum absolute atomic E-state index is 0.546. The molecule has 0 spiro atoms. The molecule has 0 aromatic heterocycles. The van der Waals surface area contributed by atoms with E-state index in [1.807, 2.05) is 28.7 Å². The Morgan fingerprint density at radius 1 is 1.44 bits per heavy atom. The zero-order valence-corrected chi connectivity index (χ0v) is 12.7. The third-order valence-corrected chi connectivity index (χ3v) is 3.40. The summed E-state index contributed by atoms with van der Waals surface area (Å²) in [5.41, 5.74) is 0.546. The van der Waals surface area contributed by atoms with E-state index in [0.717, 1.165) is 8.04 Å². The first-order valence-electron chi connectivity index (χ1n) is 4.80. The lowest BCUT2D eigenvalue weighted by Crippen LogP contribution is -2.45. The van der Waals surface area contributed by atoms with Crippen LogP contribution in [0.25, 0.3) is 0 Å². The average molecular weight is 429 g/mol. The Morgan fingerprint density at radius 2 is 2.11 bits per heavy atom. The molecule has 6 nitrogen and oxygen atoms in total. The highest BCUT2D eigenvalue weighted by Crippen LogP contribution is 2.22. The number of hydrogen-bond acceptors (Lipinski definition) is 3. The molecule has 0 bridgehead atoms. The summed E-state index contributed by atoms with van der Waals surface area (Å²) in [4.78, 5) is 22.2. The molecular formula is C10H10BrIN2O4. The molecule has 98 valence electrons. The normalized spacial score (nSPS) is 11.7. The Kier molecular flexibility index (Phi) is 5.82. The number of carboxylic acids is 1. The van der Waals surface area contributed by atoms with E-state index >= 15 is 0 Å².